The molecule has 0 heterocycles. The standard InChI is InChI=1S/C13H11Cl2NO3/c14-9-2-1-3-10(15)11(9)12(17)16-8-5-4-7(6-8)13(18)19/h1-5,7-8H,6H2,(H,16,17)(H,18,19). The molecule has 2 unspecified atom stereocenters. The number of hydrogen-bond donors (Lipinski definition) is 2. The Morgan fingerprint density at radius 2 is 1.84 bits per heavy atom. The van der Waals surface area contributed by atoms with Crippen LogP contribution < -0.4 is 5.32 Å². The largest absolute Gasteiger partial charge is 0.481 e. The van der Waals surface area contributed by atoms with Crippen LogP contribution in [0, 0.1) is 5.92 Å². The number of carbonyl (C=O) groups excluding carboxylic acids is 1. The molecule has 0 fully saturated rings. The van der Waals surface area contributed by atoms with E-state index < -0.39 is 17.8 Å². The fourth-order valence-electron chi connectivity index (χ4n) is 1.94. The van der Waals surface area contributed by atoms with Gasteiger partial charge in [-0.2, -0.15) is 0 Å². The first-order valence-electron chi connectivity index (χ1n) is 5.65. The SMILES string of the molecule is O=C(NC1C=CC(C(=O)O)C1)c1c(Cl)cccc1Cl. The fraction of sp³-hybridized carbons (Fsp3) is 0.231. The van der Waals surface area contributed by atoms with Crippen molar-refractivity contribution in [1.82, 2.24) is 5.32 Å². The number of carbonyl (C=O) groups is 2. The molecule has 6 heteroatoms. The molecule has 0 saturated carbocycles. The molecule has 100 valence electrons. The third-order valence-electron chi connectivity index (χ3n) is 2.91. The molecule has 0 spiro atoms. The number of benzene rings is 1. The summed E-state index contributed by atoms with van der Waals surface area (Å²) in [5.41, 5.74) is 0.206. The van der Waals surface area contributed by atoms with Crippen LogP contribution >= 0.6 is 23.2 Å². The van der Waals surface area contributed by atoms with Gasteiger partial charge in [0.15, 0.2) is 0 Å². The predicted octanol–water partition coefficient (Wildman–Crippen LogP) is 2.75. The molecule has 0 aliphatic heterocycles. The second-order valence-electron chi connectivity index (χ2n) is 4.24. The third kappa shape index (κ3) is 3.08. The normalized spacial score (nSPS) is 21.4. The number of carboxylic acid groups (broad SMARTS) is 1. The van der Waals surface area contributed by atoms with E-state index in [-0.39, 0.29) is 21.7 Å². The molecule has 2 N–H and O–H groups in total. The Labute approximate surface area is 120 Å². The second kappa shape index (κ2) is 5.63. The van der Waals surface area contributed by atoms with Crippen LogP contribution in [0.1, 0.15) is 16.8 Å². The first kappa shape index (κ1) is 13.9. The minimum atomic E-state index is -0.899. The van der Waals surface area contributed by atoms with Crippen molar-refractivity contribution in [1.29, 1.82) is 0 Å². The maximum Gasteiger partial charge on any atom is 0.310 e. The Kier molecular flexibility index (Phi) is 4.12. The van der Waals surface area contributed by atoms with Gasteiger partial charge in [-0.25, -0.2) is 0 Å². The molecule has 0 saturated heterocycles. The molecular formula is C13H11Cl2NO3. The van der Waals surface area contributed by atoms with Crippen molar-refractivity contribution in [3.05, 3.63) is 46.0 Å². The van der Waals surface area contributed by atoms with Crippen LogP contribution in [-0.4, -0.2) is 23.0 Å². The molecule has 0 aromatic heterocycles. The highest BCUT2D eigenvalue weighted by Crippen LogP contribution is 2.25. The van der Waals surface area contributed by atoms with Crippen molar-refractivity contribution in [2.75, 3.05) is 0 Å². The molecule has 1 aromatic rings. The summed E-state index contributed by atoms with van der Waals surface area (Å²) in [5, 5.41) is 12.1. The van der Waals surface area contributed by atoms with Crippen molar-refractivity contribution in [3.63, 3.8) is 0 Å². The number of hydrogen-bond acceptors (Lipinski definition) is 2. The van der Waals surface area contributed by atoms with E-state index in [1.54, 1.807) is 30.4 Å². The quantitative estimate of drug-likeness (QED) is 0.844. The molecule has 4 nitrogen and oxygen atoms in total. The number of amides is 1. The summed E-state index contributed by atoms with van der Waals surface area (Å²) in [5.74, 6) is -1.87. The predicted molar refractivity (Wildman–Crippen MR) is 72.6 cm³/mol. The van der Waals surface area contributed by atoms with Gasteiger partial charge in [-0.1, -0.05) is 41.4 Å². The fourth-order valence-corrected chi connectivity index (χ4v) is 2.51. The number of aliphatic carboxylic acids is 1. The molecule has 2 rings (SSSR count). The lowest BCUT2D eigenvalue weighted by Gasteiger charge is -2.13. The van der Waals surface area contributed by atoms with E-state index >= 15 is 0 Å². The summed E-state index contributed by atoms with van der Waals surface area (Å²) in [6.45, 7) is 0. The van der Waals surface area contributed by atoms with Crippen molar-refractivity contribution in [3.8, 4) is 0 Å². The van der Waals surface area contributed by atoms with Crippen LogP contribution in [-0.2, 0) is 4.79 Å². The number of halogens is 2. The topological polar surface area (TPSA) is 66.4 Å². The maximum atomic E-state index is 12.1. The van der Waals surface area contributed by atoms with Gasteiger partial charge in [0.2, 0.25) is 0 Å². The monoisotopic (exact) mass is 299 g/mol. The molecule has 1 amide bonds. The number of nitrogens with one attached hydrogen (secondary N) is 1. The molecule has 19 heavy (non-hydrogen) atoms. The van der Waals surface area contributed by atoms with Crippen molar-refractivity contribution in [2.24, 2.45) is 5.92 Å². The molecule has 0 radical (unpaired) electrons. The van der Waals surface area contributed by atoms with Gasteiger partial charge >= 0.3 is 5.97 Å². The number of carboxylic acids is 1. The van der Waals surface area contributed by atoms with Crippen molar-refractivity contribution >= 4 is 35.1 Å². The van der Waals surface area contributed by atoms with Crippen molar-refractivity contribution in [2.45, 2.75) is 12.5 Å². The lowest BCUT2D eigenvalue weighted by atomic mass is 10.1. The molecule has 0 bridgehead atoms. The van der Waals surface area contributed by atoms with Crippen LogP contribution in [0.5, 0.6) is 0 Å². The van der Waals surface area contributed by atoms with Gasteiger partial charge in [0.1, 0.15) is 0 Å². The summed E-state index contributed by atoms with van der Waals surface area (Å²) in [6.07, 6.45) is 3.58. The van der Waals surface area contributed by atoms with E-state index in [9.17, 15) is 9.59 Å². The Morgan fingerprint density at radius 1 is 1.21 bits per heavy atom. The highest BCUT2D eigenvalue weighted by molar-refractivity contribution is 6.39. The maximum absolute atomic E-state index is 12.1. The molecular weight excluding hydrogens is 289 g/mol. The van der Waals surface area contributed by atoms with E-state index in [0.717, 1.165) is 0 Å². The Bertz CT molecular complexity index is 537. The molecule has 1 aromatic carbocycles. The second-order valence-corrected chi connectivity index (χ2v) is 5.06. The summed E-state index contributed by atoms with van der Waals surface area (Å²) < 4.78 is 0. The van der Waals surface area contributed by atoms with Crippen LogP contribution in [0.15, 0.2) is 30.4 Å². The molecule has 2 atom stereocenters. The Balaban J connectivity index is 2.07. The summed E-state index contributed by atoms with van der Waals surface area (Å²) in [7, 11) is 0. The van der Waals surface area contributed by atoms with E-state index in [1.165, 1.54) is 0 Å². The average molecular weight is 300 g/mol. The zero-order chi connectivity index (χ0) is 14.0. The lowest BCUT2D eigenvalue weighted by molar-refractivity contribution is -0.140. The lowest BCUT2D eigenvalue weighted by Crippen LogP contribution is -2.33. The van der Waals surface area contributed by atoms with Gasteiger partial charge in [0.25, 0.3) is 5.91 Å². The van der Waals surface area contributed by atoms with Crippen molar-refractivity contribution < 1.29 is 14.7 Å². The summed E-state index contributed by atoms with van der Waals surface area (Å²) in [4.78, 5) is 22.9. The first-order chi connectivity index (χ1) is 8.99. The Morgan fingerprint density at radius 3 is 2.37 bits per heavy atom. The highest BCUT2D eigenvalue weighted by Gasteiger charge is 2.26. The average Bonchev–Trinajstić information content (AvgIpc) is 2.77. The van der Waals surface area contributed by atoms with Crippen LogP contribution in [0.4, 0.5) is 0 Å². The van der Waals surface area contributed by atoms with Gasteiger partial charge in [-0.05, 0) is 18.6 Å². The van der Waals surface area contributed by atoms with E-state index in [1.807, 2.05) is 0 Å². The third-order valence-corrected chi connectivity index (χ3v) is 3.54. The van der Waals surface area contributed by atoms with Gasteiger partial charge in [0.05, 0.1) is 21.5 Å². The summed E-state index contributed by atoms with van der Waals surface area (Å²) in [6, 6.07) is 4.48. The van der Waals surface area contributed by atoms with Crippen LogP contribution in [0.25, 0.3) is 0 Å². The smallest absolute Gasteiger partial charge is 0.310 e. The summed E-state index contributed by atoms with van der Waals surface area (Å²) >= 11 is 11.9. The van der Waals surface area contributed by atoms with E-state index in [2.05, 4.69) is 5.32 Å². The van der Waals surface area contributed by atoms with Gasteiger partial charge < -0.3 is 10.4 Å². The van der Waals surface area contributed by atoms with Crippen LogP contribution in [0.3, 0.4) is 0 Å². The molecule has 1 aliphatic carbocycles. The minimum Gasteiger partial charge on any atom is -0.481 e. The van der Waals surface area contributed by atoms with Gasteiger partial charge in [-0.3, -0.25) is 9.59 Å². The Hall–Kier alpha value is -1.52. The zero-order valence-electron chi connectivity index (χ0n) is 9.77. The van der Waals surface area contributed by atoms with Gasteiger partial charge in [0, 0.05) is 6.04 Å². The minimum absolute atomic E-state index is 0.206. The van der Waals surface area contributed by atoms with Gasteiger partial charge in [-0.15, -0.1) is 0 Å². The number of rotatable bonds is 3. The highest BCUT2D eigenvalue weighted by atomic mass is 35.5. The van der Waals surface area contributed by atoms with Crippen LogP contribution in [0.2, 0.25) is 10.0 Å². The van der Waals surface area contributed by atoms with E-state index in [0.29, 0.717) is 6.42 Å². The molecule has 1 aliphatic rings. The zero-order valence-corrected chi connectivity index (χ0v) is 11.3. The van der Waals surface area contributed by atoms with E-state index in [4.69, 9.17) is 28.3 Å². The first-order valence-corrected chi connectivity index (χ1v) is 6.40.